The zero-order valence-corrected chi connectivity index (χ0v) is 9.58. The molecular weight excluding hydrogens is 202 g/mol. The van der Waals surface area contributed by atoms with Crippen molar-refractivity contribution in [1.29, 1.82) is 0 Å². The van der Waals surface area contributed by atoms with Gasteiger partial charge in [-0.3, -0.25) is 0 Å². The summed E-state index contributed by atoms with van der Waals surface area (Å²) in [4.78, 5) is 2.05. The lowest BCUT2D eigenvalue weighted by atomic mass is 10.3. The number of alkyl halides is 1. The van der Waals surface area contributed by atoms with Crippen LogP contribution in [0, 0.1) is 0 Å². The number of aryl methyl sites for hydroxylation is 1. The van der Waals surface area contributed by atoms with E-state index in [9.17, 15) is 0 Å². The van der Waals surface area contributed by atoms with Gasteiger partial charge in [0.1, 0.15) is 0 Å². The first-order valence-electron chi connectivity index (χ1n) is 4.84. The molecule has 0 aromatic carbocycles. The molecule has 80 valence electrons. The molecule has 5 heteroatoms. The van der Waals surface area contributed by atoms with Crippen LogP contribution in [0.1, 0.15) is 26.7 Å². The third-order valence-corrected chi connectivity index (χ3v) is 2.16. The van der Waals surface area contributed by atoms with Crippen LogP contribution in [0.4, 0.5) is 6.01 Å². The maximum absolute atomic E-state index is 5.58. The molecule has 0 aliphatic heterocycles. The molecule has 0 fully saturated rings. The Bertz CT molecular complexity index is 275. The number of anilines is 1. The van der Waals surface area contributed by atoms with Crippen LogP contribution in [-0.4, -0.2) is 28.7 Å². The summed E-state index contributed by atoms with van der Waals surface area (Å²) in [6, 6.07) is 0.951. The lowest BCUT2D eigenvalue weighted by Gasteiger charge is -2.21. The fourth-order valence-electron chi connectivity index (χ4n) is 1.26. The van der Waals surface area contributed by atoms with E-state index < -0.39 is 0 Å². The molecule has 0 saturated heterocycles. The lowest BCUT2D eigenvalue weighted by molar-refractivity contribution is 0.478. The second kappa shape index (κ2) is 5.20. The van der Waals surface area contributed by atoms with Crippen molar-refractivity contribution < 1.29 is 4.42 Å². The largest absolute Gasteiger partial charge is 0.408 e. The Morgan fingerprint density at radius 1 is 1.43 bits per heavy atom. The van der Waals surface area contributed by atoms with Gasteiger partial charge in [-0.05, 0) is 20.8 Å². The first-order chi connectivity index (χ1) is 6.69. The number of hydrogen-bond acceptors (Lipinski definition) is 4. The molecule has 0 aliphatic carbocycles. The Balaban J connectivity index is 2.73. The highest BCUT2D eigenvalue weighted by atomic mass is 35.5. The smallest absolute Gasteiger partial charge is 0.318 e. The molecular formula is C9H16ClN3O. The summed E-state index contributed by atoms with van der Waals surface area (Å²) in [5.41, 5.74) is 0. The molecule has 0 spiro atoms. The van der Waals surface area contributed by atoms with Crippen LogP contribution >= 0.6 is 11.6 Å². The van der Waals surface area contributed by atoms with Crippen molar-refractivity contribution in [3.63, 3.8) is 0 Å². The SMILES string of the molecule is CCN(c1nnc(CCCl)o1)C(C)C. The predicted octanol–water partition coefficient (Wildman–Crippen LogP) is 2.09. The van der Waals surface area contributed by atoms with E-state index in [1.165, 1.54) is 0 Å². The third-order valence-electron chi connectivity index (χ3n) is 1.97. The van der Waals surface area contributed by atoms with Crippen molar-refractivity contribution in [2.45, 2.75) is 33.2 Å². The predicted molar refractivity (Wildman–Crippen MR) is 56.9 cm³/mol. The van der Waals surface area contributed by atoms with Crippen molar-refractivity contribution in [2.75, 3.05) is 17.3 Å². The van der Waals surface area contributed by atoms with Crippen molar-refractivity contribution >= 4 is 17.6 Å². The first-order valence-corrected chi connectivity index (χ1v) is 5.37. The van der Waals surface area contributed by atoms with Gasteiger partial charge in [0, 0.05) is 24.9 Å². The second-order valence-corrected chi connectivity index (χ2v) is 3.68. The average molecular weight is 218 g/mol. The van der Waals surface area contributed by atoms with E-state index in [-0.39, 0.29) is 0 Å². The number of hydrogen-bond donors (Lipinski definition) is 0. The van der Waals surface area contributed by atoms with E-state index >= 15 is 0 Å². The van der Waals surface area contributed by atoms with Gasteiger partial charge in [0.25, 0.3) is 0 Å². The molecule has 1 aromatic rings. The number of nitrogens with zero attached hydrogens (tertiary/aromatic N) is 3. The summed E-state index contributed by atoms with van der Waals surface area (Å²) in [5.74, 6) is 1.12. The molecule has 0 amide bonds. The van der Waals surface area contributed by atoms with Crippen molar-refractivity contribution in [3.8, 4) is 0 Å². The zero-order valence-electron chi connectivity index (χ0n) is 8.83. The Labute approximate surface area is 89.3 Å². The summed E-state index contributed by atoms with van der Waals surface area (Å²) < 4.78 is 5.46. The summed E-state index contributed by atoms with van der Waals surface area (Å²) in [7, 11) is 0. The van der Waals surface area contributed by atoms with Gasteiger partial charge in [0.05, 0.1) is 0 Å². The van der Waals surface area contributed by atoms with Gasteiger partial charge in [-0.2, -0.15) is 0 Å². The quantitative estimate of drug-likeness (QED) is 0.709. The van der Waals surface area contributed by atoms with E-state index in [2.05, 4.69) is 31.0 Å². The molecule has 0 N–H and O–H groups in total. The van der Waals surface area contributed by atoms with Gasteiger partial charge in [0.15, 0.2) is 0 Å². The minimum absolute atomic E-state index is 0.365. The van der Waals surface area contributed by atoms with Crippen LogP contribution < -0.4 is 4.90 Å². The Hall–Kier alpha value is -0.770. The van der Waals surface area contributed by atoms with Gasteiger partial charge < -0.3 is 9.32 Å². The molecule has 14 heavy (non-hydrogen) atoms. The van der Waals surface area contributed by atoms with Crippen LogP contribution in [0.2, 0.25) is 0 Å². The van der Waals surface area contributed by atoms with Gasteiger partial charge in [0.2, 0.25) is 5.89 Å². The normalized spacial score (nSPS) is 10.9. The number of aromatic nitrogens is 2. The van der Waals surface area contributed by atoms with Crippen LogP contribution in [0.15, 0.2) is 4.42 Å². The van der Waals surface area contributed by atoms with Crippen LogP contribution in [0.5, 0.6) is 0 Å². The monoisotopic (exact) mass is 217 g/mol. The molecule has 0 atom stereocenters. The van der Waals surface area contributed by atoms with Crippen LogP contribution in [-0.2, 0) is 6.42 Å². The minimum Gasteiger partial charge on any atom is -0.408 e. The maximum atomic E-state index is 5.58. The lowest BCUT2D eigenvalue weighted by Crippen LogP contribution is -2.30. The van der Waals surface area contributed by atoms with Gasteiger partial charge >= 0.3 is 6.01 Å². The first kappa shape index (κ1) is 11.3. The Morgan fingerprint density at radius 2 is 2.14 bits per heavy atom. The van der Waals surface area contributed by atoms with E-state index in [0.29, 0.717) is 30.2 Å². The van der Waals surface area contributed by atoms with Crippen LogP contribution in [0.3, 0.4) is 0 Å². The van der Waals surface area contributed by atoms with Gasteiger partial charge in [-0.1, -0.05) is 5.10 Å². The molecule has 0 bridgehead atoms. The molecule has 1 rings (SSSR count). The summed E-state index contributed by atoms with van der Waals surface area (Å²) in [6.07, 6.45) is 0.629. The van der Waals surface area contributed by atoms with Crippen molar-refractivity contribution in [1.82, 2.24) is 10.2 Å². The third kappa shape index (κ3) is 2.61. The molecule has 0 saturated carbocycles. The van der Waals surface area contributed by atoms with E-state index in [1.807, 2.05) is 4.90 Å². The number of rotatable bonds is 5. The Kier molecular flexibility index (Phi) is 4.20. The molecule has 0 aliphatic rings. The molecule has 0 radical (unpaired) electrons. The molecule has 1 heterocycles. The standard InChI is InChI=1S/C9H16ClN3O/c1-4-13(7(2)3)9-12-11-8(14-9)5-6-10/h7H,4-6H2,1-3H3. The average Bonchev–Trinajstić information content (AvgIpc) is 2.54. The number of halogens is 1. The van der Waals surface area contributed by atoms with Gasteiger partial charge in [-0.25, -0.2) is 0 Å². The molecule has 0 unspecified atom stereocenters. The zero-order chi connectivity index (χ0) is 10.6. The Morgan fingerprint density at radius 3 is 2.64 bits per heavy atom. The van der Waals surface area contributed by atoms with E-state index in [1.54, 1.807) is 0 Å². The molecule has 4 nitrogen and oxygen atoms in total. The topological polar surface area (TPSA) is 42.2 Å². The van der Waals surface area contributed by atoms with Crippen LogP contribution in [0.25, 0.3) is 0 Å². The summed E-state index contributed by atoms with van der Waals surface area (Å²) in [6.45, 7) is 7.11. The summed E-state index contributed by atoms with van der Waals surface area (Å²) in [5, 5.41) is 7.89. The highest BCUT2D eigenvalue weighted by molar-refractivity contribution is 6.17. The highest BCUT2D eigenvalue weighted by Gasteiger charge is 2.15. The van der Waals surface area contributed by atoms with E-state index in [0.717, 1.165) is 6.54 Å². The fourth-order valence-corrected chi connectivity index (χ4v) is 1.43. The van der Waals surface area contributed by atoms with Gasteiger partial charge in [-0.15, -0.1) is 16.7 Å². The second-order valence-electron chi connectivity index (χ2n) is 3.30. The van der Waals surface area contributed by atoms with E-state index in [4.69, 9.17) is 16.0 Å². The minimum atomic E-state index is 0.365. The maximum Gasteiger partial charge on any atom is 0.318 e. The molecule has 1 aromatic heterocycles. The van der Waals surface area contributed by atoms with Crippen molar-refractivity contribution in [3.05, 3.63) is 5.89 Å². The summed E-state index contributed by atoms with van der Waals surface area (Å²) >= 11 is 5.58. The highest BCUT2D eigenvalue weighted by Crippen LogP contribution is 2.15. The van der Waals surface area contributed by atoms with Crippen molar-refractivity contribution in [2.24, 2.45) is 0 Å². The fraction of sp³-hybridized carbons (Fsp3) is 0.778.